The summed E-state index contributed by atoms with van der Waals surface area (Å²) in [6.45, 7) is 2.42. The summed E-state index contributed by atoms with van der Waals surface area (Å²) in [6.07, 6.45) is 0. The predicted octanol–water partition coefficient (Wildman–Crippen LogP) is 4.62. The average Bonchev–Trinajstić information content (AvgIpc) is 3.13. The first-order valence-electron chi connectivity index (χ1n) is 11.2. The van der Waals surface area contributed by atoms with Gasteiger partial charge >= 0.3 is 0 Å². The molecular formula is C27H24N2O7. The number of hydrogen-bond acceptors (Lipinski definition) is 7. The van der Waals surface area contributed by atoms with Crippen molar-refractivity contribution < 1.29 is 29.1 Å². The average molecular weight is 488 g/mol. The van der Waals surface area contributed by atoms with Crippen LogP contribution in [0.3, 0.4) is 0 Å². The predicted molar refractivity (Wildman–Crippen MR) is 132 cm³/mol. The maximum atomic E-state index is 13.2. The summed E-state index contributed by atoms with van der Waals surface area (Å²) in [4.78, 5) is 38.5. The Morgan fingerprint density at radius 1 is 1.03 bits per heavy atom. The minimum absolute atomic E-state index is 0.0686. The number of ether oxygens (including phenoxy) is 2. The van der Waals surface area contributed by atoms with Crippen molar-refractivity contribution in [3.05, 3.63) is 105 Å². The van der Waals surface area contributed by atoms with Crippen LogP contribution in [0, 0.1) is 10.1 Å². The van der Waals surface area contributed by atoms with Gasteiger partial charge in [0.05, 0.1) is 30.3 Å². The third-order valence-corrected chi connectivity index (χ3v) is 5.86. The number of aliphatic hydroxyl groups is 1. The van der Waals surface area contributed by atoms with Crippen molar-refractivity contribution in [2.75, 3.05) is 13.7 Å². The molecule has 1 heterocycles. The van der Waals surface area contributed by atoms with Crippen molar-refractivity contribution in [3.8, 4) is 11.5 Å². The molecule has 3 aromatic rings. The third-order valence-electron chi connectivity index (χ3n) is 5.86. The van der Waals surface area contributed by atoms with Crippen LogP contribution in [-0.4, -0.2) is 40.3 Å². The van der Waals surface area contributed by atoms with Gasteiger partial charge in [0.1, 0.15) is 17.3 Å². The summed E-state index contributed by atoms with van der Waals surface area (Å²) in [7, 11) is 1.52. The lowest BCUT2D eigenvalue weighted by molar-refractivity contribution is -0.384. The number of non-ortho nitro benzene ring substituents is 1. The van der Waals surface area contributed by atoms with Crippen LogP contribution in [0.25, 0.3) is 5.76 Å². The van der Waals surface area contributed by atoms with Gasteiger partial charge in [-0.15, -0.1) is 0 Å². The number of Topliss-reactive ketones (excluding diaryl/α,β-unsaturated/α-hetero) is 1. The molecule has 36 heavy (non-hydrogen) atoms. The smallest absolute Gasteiger partial charge is 0.295 e. The van der Waals surface area contributed by atoms with Crippen LogP contribution in [0.5, 0.6) is 11.5 Å². The minimum Gasteiger partial charge on any atom is -0.507 e. The minimum atomic E-state index is -0.925. The fraction of sp³-hybridized carbons (Fsp3) is 0.185. The highest BCUT2D eigenvalue weighted by Crippen LogP contribution is 2.41. The Labute approximate surface area is 207 Å². The van der Waals surface area contributed by atoms with E-state index in [1.54, 1.807) is 42.5 Å². The zero-order valence-electron chi connectivity index (χ0n) is 19.7. The normalized spacial score (nSPS) is 16.7. The summed E-state index contributed by atoms with van der Waals surface area (Å²) in [5.41, 5.74) is 0.979. The van der Waals surface area contributed by atoms with E-state index in [0.29, 0.717) is 23.7 Å². The van der Waals surface area contributed by atoms with Crippen molar-refractivity contribution in [2.24, 2.45) is 0 Å². The highest BCUT2D eigenvalue weighted by Gasteiger charge is 2.46. The van der Waals surface area contributed by atoms with E-state index < -0.39 is 28.4 Å². The van der Waals surface area contributed by atoms with Gasteiger partial charge in [-0.25, -0.2) is 0 Å². The molecular weight excluding hydrogens is 464 g/mol. The first kappa shape index (κ1) is 24.5. The van der Waals surface area contributed by atoms with E-state index in [2.05, 4.69) is 0 Å². The summed E-state index contributed by atoms with van der Waals surface area (Å²) >= 11 is 0. The molecule has 0 spiro atoms. The van der Waals surface area contributed by atoms with Gasteiger partial charge in [-0.05, 0) is 42.3 Å². The Morgan fingerprint density at radius 3 is 2.42 bits per heavy atom. The number of nitrogens with zero attached hydrogens (tertiary/aromatic N) is 2. The molecule has 0 aliphatic carbocycles. The molecule has 1 aliphatic heterocycles. The highest BCUT2D eigenvalue weighted by molar-refractivity contribution is 6.46. The van der Waals surface area contributed by atoms with Crippen LogP contribution in [0.1, 0.15) is 29.7 Å². The molecule has 1 saturated heterocycles. The van der Waals surface area contributed by atoms with Crippen molar-refractivity contribution in [3.63, 3.8) is 0 Å². The Morgan fingerprint density at radius 2 is 1.75 bits per heavy atom. The lowest BCUT2D eigenvalue weighted by Crippen LogP contribution is -2.29. The standard InChI is InChI=1S/C27H24N2O7/c1-3-36-22-9-4-6-17(14-22)16-28-24(18-10-12-21(35-2)13-11-18)23(26(31)27(28)32)25(30)19-7-5-8-20(15-19)29(33)34/h4-15,24,30H,3,16H2,1-2H3/b25-23-. The number of amides is 1. The van der Waals surface area contributed by atoms with Crippen molar-refractivity contribution in [1.82, 2.24) is 4.90 Å². The molecule has 0 radical (unpaired) electrons. The molecule has 9 heteroatoms. The maximum absolute atomic E-state index is 13.2. The van der Waals surface area contributed by atoms with Gasteiger partial charge in [0.25, 0.3) is 17.4 Å². The molecule has 1 N–H and O–H groups in total. The lowest BCUT2D eigenvalue weighted by Gasteiger charge is -2.25. The molecule has 1 amide bonds. The fourth-order valence-corrected chi connectivity index (χ4v) is 4.20. The Bertz CT molecular complexity index is 1350. The van der Waals surface area contributed by atoms with Gasteiger partial charge in [0, 0.05) is 24.2 Å². The highest BCUT2D eigenvalue weighted by atomic mass is 16.6. The molecule has 1 atom stereocenters. The Hall–Kier alpha value is -4.66. The van der Waals surface area contributed by atoms with E-state index in [0.717, 1.165) is 5.56 Å². The van der Waals surface area contributed by atoms with E-state index in [1.165, 1.54) is 36.3 Å². The number of nitro groups is 1. The van der Waals surface area contributed by atoms with E-state index >= 15 is 0 Å². The van der Waals surface area contributed by atoms with E-state index in [1.807, 2.05) is 13.0 Å². The summed E-state index contributed by atoms with van der Waals surface area (Å²) in [5.74, 6) is -0.934. The first-order chi connectivity index (χ1) is 17.3. The summed E-state index contributed by atoms with van der Waals surface area (Å²) in [6, 6.07) is 18.4. The molecule has 1 aliphatic rings. The monoisotopic (exact) mass is 488 g/mol. The van der Waals surface area contributed by atoms with Gasteiger partial charge in [-0.3, -0.25) is 19.7 Å². The number of benzene rings is 3. The maximum Gasteiger partial charge on any atom is 0.295 e. The molecule has 0 bridgehead atoms. The number of carbonyl (C=O) groups is 2. The number of methoxy groups -OCH3 is 1. The van der Waals surface area contributed by atoms with E-state index in [4.69, 9.17) is 9.47 Å². The van der Waals surface area contributed by atoms with Gasteiger partial charge in [-0.2, -0.15) is 0 Å². The Kier molecular flexibility index (Phi) is 7.00. The molecule has 4 rings (SSSR count). The molecule has 1 fully saturated rings. The second kappa shape index (κ2) is 10.3. The van der Waals surface area contributed by atoms with Crippen LogP contribution >= 0.6 is 0 Å². The Balaban J connectivity index is 1.84. The number of rotatable bonds is 8. The number of nitro benzene ring substituents is 1. The van der Waals surface area contributed by atoms with Crippen molar-refractivity contribution >= 4 is 23.1 Å². The first-order valence-corrected chi connectivity index (χ1v) is 11.2. The number of ketones is 1. The van der Waals surface area contributed by atoms with Crippen LogP contribution in [0.2, 0.25) is 0 Å². The van der Waals surface area contributed by atoms with Gasteiger partial charge in [-0.1, -0.05) is 36.4 Å². The second-order valence-corrected chi connectivity index (χ2v) is 8.09. The third kappa shape index (κ3) is 4.76. The zero-order valence-corrected chi connectivity index (χ0v) is 19.7. The number of carbonyl (C=O) groups excluding carboxylic acids is 2. The number of aliphatic hydroxyl groups excluding tert-OH is 1. The largest absolute Gasteiger partial charge is 0.507 e. The summed E-state index contributed by atoms with van der Waals surface area (Å²) in [5, 5.41) is 22.4. The lowest BCUT2D eigenvalue weighted by atomic mass is 9.95. The van der Waals surface area contributed by atoms with E-state index in [9.17, 15) is 24.8 Å². The second-order valence-electron chi connectivity index (χ2n) is 8.09. The zero-order chi connectivity index (χ0) is 25.8. The molecule has 0 aromatic heterocycles. The molecule has 184 valence electrons. The number of hydrogen-bond donors (Lipinski definition) is 1. The molecule has 9 nitrogen and oxygen atoms in total. The van der Waals surface area contributed by atoms with Gasteiger partial charge in [0.2, 0.25) is 0 Å². The quantitative estimate of drug-likeness (QED) is 0.161. The van der Waals surface area contributed by atoms with Crippen molar-refractivity contribution in [2.45, 2.75) is 19.5 Å². The van der Waals surface area contributed by atoms with Crippen LogP contribution in [-0.2, 0) is 16.1 Å². The van der Waals surface area contributed by atoms with Crippen LogP contribution < -0.4 is 9.47 Å². The topological polar surface area (TPSA) is 119 Å². The fourth-order valence-electron chi connectivity index (χ4n) is 4.20. The SMILES string of the molecule is CCOc1cccc(CN2C(=O)C(=O)/C(=C(\O)c3cccc([N+](=O)[O-])c3)C2c2ccc(OC)cc2)c1. The summed E-state index contributed by atoms with van der Waals surface area (Å²) < 4.78 is 10.8. The molecule has 1 unspecified atom stereocenters. The van der Waals surface area contributed by atoms with Gasteiger partial charge in [0.15, 0.2) is 0 Å². The van der Waals surface area contributed by atoms with Crippen LogP contribution in [0.4, 0.5) is 5.69 Å². The van der Waals surface area contributed by atoms with Crippen molar-refractivity contribution in [1.29, 1.82) is 0 Å². The number of likely N-dealkylation sites (tertiary alicyclic amines) is 1. The van der Waals surface area contributed by atoms with Crippen LogP contribution in [0.15, 0.2) is 78.4 Å². The molecule has 0 saturated carbocycles. The van der Waals surface area contributed by atoms with Gasteiger partial charge < -0.3 is 19.5 Å². The molecule has 3 aromatic carbocycles. The van der Waals surface area contributed by atoms with E-state index in [-0.39, 0.29) is 23.4 Å².